The standard InChI is InChI=1S/C17H17F3N2O2/c18-17(19,20)12-3-1-2-11(8-12)16(23)22(13-4-5-13)14-6-7-24-15(9-14)10-21/h1-3,8,13-15H,4-7,9H2. The predicted octanol–water partition coefficient (Wildman–Crippen LogP) is 3.38. The molecular formula is C17H17F3N2O2. The predicted molar refractivity (Wildman–Crippen MR) is 79.0 cm³/mol. The van der Waals surface area contributed by atoms with Crippen LogP contribution in [0.5, 0.6) is 0 Å². The molecule has 1 saturated heterocycles. The molecule has 1 saturated carbocycles. The second-order valence-electron chi connectivity index (χ2n) is 6.19. The maximum absolute atomic E-state index is 12.9. The van der Waals surface area contributed by atoms with Gasteiger partial charge in [0, 0.05) is 24.1 Å². The molecule has 3 rings (SSSR count). The van der Waals surface area contributed by atoms with Crippen molar-refractivity contribution in [2.45, 2.75) is 50.0 Å². The fourth-order valence-electron chi connectivity index (χ4n) is 3.08. The van der Waals surface area contributed by atoms with Gasteiger partial charge >= 0.3 is 6.18 Å². The van der Waals surface area contributed by atoms with Gasteiger partial charge in [0.1, 0.15) is 6.10 Å². The van der Waals surface area contributed by atoms with Crippen LogP contribution in [0.15, 0.2) is 24.3 Å². The third-order valence-corrected chi connectivity index (χ3v) is 4.41. The smallest absolute Gasteiger partial charge is 0.363 e. The summed E-state index contributed by atoms with van der Waals surface area (Å²) in [5.41, 5.74) is -0.789. The van der Waals surface area contributed by atoms with Crippen LogP contribution in [0.2, 0.25) is 0 Å². The van der Waals surface area contributed by atoms with Crippen LogP contribution in [-0.2, 0) is 10.9 Å². The zero-order valence-corrected chi connectivity index (χ0v) is 12.9. The maximum atomic E-state index is 12.9. The van der Waals surface area contributed by atoms with Crippen molar-refractivity contribution in [1.82, 2.24) is 4.90 Å². The summed E-state index contributed by atoms with van der Waals surface area (Å²) >= 11 is 0. The number of ether oxygens (including phenoxy) is 1. The number of alkyl halides is 3. The van der Waals surface area contributed by atoms with Crippen LogP contribution >= 0.6 is 0 Å². The Hall–Kier alpha value is -2.07. The maximum Gasteiger partial charge on any atom is 0.416 e. The first kappa shape index (κ1) is 16.8. The van der Waals surface area contributed by atoms with Gasteiger partial charge in [-0.05, 0) is 37.5 Å². The molecule has 0 aromatic heterocycles. The molecule has 4 nitrogen and oxygen atoms in total. The normalized spacial score (nSPS) is 24.2. The Labute approximate surface area is 137 Å². The SMILES string of the molecule is N#CC1CC(N(C(=O)c2cccc(C(F)(F)F)c2)C2CC2)CCO1. The summed E-state index contributed by atoms with van der Waals surface area (Å²) in [5.74, 6) is -0.396. The molecule has 2 unspecified atom stereocenters. The average molecular weight is 338 g/mol. The van der Waals surface area contributed by atoms with E-state index in [-0.39, 0.29) is 17.6 Å². The van der Waals surface area contributed by atoms with Crippen LogP contribution in [0.1, 0.15) is 41.6 Å². The summed E-state index contributed by atoms with van der Waals surface area (Å²) in [5, 5.41) is 9.02. The average Bonchev–Trinajstić information content (AvgIpc) is 3.39. The highest BCUT2D eigenvalue weighted by molar-refractivity contribution is 5.95. The minimum absolute atomic E-state index is 0.0386. The largest absolute Gasteiger partial charge is 0.416 e. The minimum Gasteiger partial charge on any atom is -0.363 e. The third-order valence-electron chi connectivity index (χ3n) is 4.41. The number of rotatable bonds is 3. The van der Waals surface area contributed by atoms with Crippen molar-refractivity contribution in [3.8, 4) is 6.07 Å². The zero-order chi connectivity index (χ0) is 17.3. The van der Waals surface area contributed by atoms with E-state index < -0.39 is 23.8 Å². The van der Waals surface area contributed by atoms with E-state index in [1.165, 1.54) is 12.1 Å². The molecule has 0 bridgehead atoms. The van der Waals surface area contributed by atoms with Gasteiger partial charge in [-0.15, -0.1) is 0 Å². The molecule has 1 aliphatic heterocycles. The van der Waals surface area contributed by atoms with E-state index in [0.717, 1.165) is 25.0 Å². The number of amides is 1. The fourth-order valence-corrected chi connectivity index (χ4v) is 3.08. The number of hydrogen-bond acceptors (Lipinski definition) is 3. The quantitative estimate of drug-likeness (QED) is 0.849. The Morgan fingerprint density at radius 1 is 1.25 bits per heavy atom. The topological polar surface area (TPSA) is 53.3 Å². The van der Waals surface area contributed by atoms with Crippen LogP contribution in [0.4, 0.5) is 13.2 Å². The number of nitrogens with zero attached hydrogens (tertiary/aromatic N) is 2. The van der Waals surface area contributed by atoms with E-state index in [2.05, 4.69) is 0 Å². The van der Waals surface area contributed by atoms with Gasteiger partial charge < -0.3 is 9.64 Å². The highest BCUT2D eigenvalue weighted by atomic mass is 19.4. The lowest BCUT2D eigenvalue weighted by molar-refractivity contribution is -0.137. The third kappa shape index (κ3) is 3.54. The molecule has 0 radical (unpaired) electrons. The van der Waals surface area contributed by atoms with Gasteiger partial charge in [0.15, 0.2) is 0 Å². The molecular weight excluding hydrogens is 321 g/mol. The van der Waals surface area contributed by atoms with Crippen LogP contribution < -0.4 is 0 Å². The first-order valence-electron chi connectivity index (χ1n) is 7.91. The van der Waals surface area contributed by atoms with Gasteiger partial charge in [-0.3, -0.25) is 4.79 Å². The number of nitriles is 1. The summed E-state index contributed by atoms with van der Waals surface area (Å²) in [7, 11) is 0. The highest BCUT2D eigenvalue weighted by Crippen LogP contribution is 2.35. The Bertz CT molecular complexity index is 665. The van der Waals surface area contributed by atoms with E-state index in [1.54, 1.807) is 4.90 Å². The molecule has 1 heterocycles. The first-order valence-corrected chi connectivity index (χ1v) is 7.91. The van der Waals surface area contributed by atoms with E-state index in [4.69, 9.17) is 10.00 Å². The van der Waals surface area contributed by atoms with Crippen molar-refractivity contribution in [3.63, 3.8) is 0 Å². The Kier molecular flexibility index (Phi) is 4.50. The Morgan fingerprint density at radius 2 is 2.00 bits per heavy atom. The molecule has 1 aliphatic carbocycles. The molecule has 0 spiro atoms. The van der Waals surface area contributed by atoms with Gasteiger partial charge in [-0.1, -0.05) is 6.07 Å². The van der Waals surface area contributed by atoms with Crippen molar-refractivity contribution < 1.29 is 22.7 Å². The summed E-state index contributed by atoms with van der Waals surface area (Å²) in [4.78, 5) is 14.5. The fraction of sp³-hybridized carbons (Fsp3) is 0.529. The Balaban J connectivity index is 1.84. The number of halogens is 3. The lowest BCUT2D eigenvalue weighted by atomic mass is 10.00. The molecule has 24 heavy (non-hydrogen) atoms. The van der Waals surface area contributed by atoms with Gasteiger partial charge in [0.2, 0.25) is 0 Å². The first-order chi connectivity index (χ1) is 11.4. The van der Waals surface area contributed by atoms with Crippen molar-refractivity contribution in [1.29, 1.82) is 5.26 Å². The van der Waals surface area contributed by atoms with Crippen molar-refractivity contribution >= 4 is 5.91 Å². The van der Waals surface area contributed by atoms with Gasteiger partial charge in [-0.25, -0.2) is 0 Å². The van der Waals surface area contributed by atoms with Crippen molar-refractivity contribution in [2.75, 3.05) is 6.61 Å². The summed E-state index contributed by atoms with van der Waals surface area (Å²) in [6, 6.07) is 6.45. The second-order valence-corrected chi connectivity index (χ2v) is 6.19. The summed E-state index contributed by atoms with van der Waals surface area (Å²) in [6.45, 7) is 0.377. The molecule has 1 aromatic carbocycles. The molecule has 2 aliphatic rings. The molecule has 1 aromatic rings. The highest BCUT2D eigenvalue weighted by Gasteiger charge is 2.40. The van der Waals surface area contributed by atoms with Crippen molar-refractivity contribution in [3.05, 3.63) is 35.4 Å². The van der Waals surface area contributed by atoms with Crippen LogP contribution in [0, 0.1) is 11.3 Å². The monoisotopic (exact) mass is 338 g/mol. The molecule has 0 N–H and O–H groups in total. The molecule has 2 atom stereocenters. The zero-order valence-electron chi connectivity index (χ0n) is 12.9. The number of benzene rings is 1. The minimum atomic E-state index is -4.48. The van der Waals surface area contributed by atoms with E-state index in [0.29, 0.717) is 19.4 Å². The van der Waals surface area contributed by atoms with Crippen LogP contribution in [0.25, 0.3) is 0 Å². The molecule has 7 heteroatoms. The van der Waals surface area contributed by atoms with Gasteiger partial charge in [-0.2, -0.15) is 18.4 Å². The Morgan fingerprint density at radius 3 is 2.62 bits per heavy atom. The van der Waals surface area contributed by atoms with Crippen LogP contribution in [0.3, 0.4) is 0 Å². The lowest BCUT2D eigenvalue weighted by Crippen LogP contribution is -2.46. The van der Waals surface area contributed by atoms with E-state index in [1.807, 2.05) is 6.07 Å². The van der Waals surface area contributed by atoms with E-state index >= 15 is 0 Å². The summed E-state index contributed by atoms with van der Waals surface area (Å²) < 4.78 is 43.9. The van der Waals surface area contributed by atoms with Gasteiger partial charge in [0.25, 0.3) is 5.91 Å². The van der Waals surface area contributed by atoms with Gasteiger partial charge in [0.05, 0.1) is 18.2 Å². The second kappa shape index (κ2) is 6.44. The van der Waals surface area contributed by atoms with E-state index in [9.17, 15) is 18.0 Å². The van der Waals surface area contributed by atoms with Crippen LogP contribution in [-0.4, -0.2) is 35.6 Å². The number of carbonyl (C=O) groups is 1. The number of carbonyl (C=O) groups excluding carboxylic acids is 1. The molecule has 2 fully saturated rings. The molecule has 128 valence electrons. The number of hydrogen-bond donors (Lipinski definition) is 0. The summed E-state index contributed by atoms with van der Waals surface area (Å²) in [6.07, 6.45) is -2.36. The molecule has 1 amide bonds. The lowest BCUT2D eigenvalue weighted by Gasteiger charge is -2.36. The van der Waals surface area contributed by atoms with Crippen molar-refractivity contribution in [2.24, 2.45) is 0 Å².